The van der Waals surface area contributed by atoms with Crippen LogP contribution in [-0.4, -0.2) is 69.5 Å². The van der Waals surface area contributed by atoms with Gasteiger partial charge >= 0.3 is 0 Å². The fourth-order valence-electron chi connectivity index (χ4n) is 2.79. The zero-order valence-corrected chi connectivity index (χ0v) is 16.4. The zero-order valence-electron chi connectivity index (χ0n) is 16.4. The molecule has 1 aliphatic heterocycles. The van der Waals surface area contributed by atoms with Crippen LogP contribution in [-0.2, 0) is 9.59 Å². The Morgan fingerprint density at radius 2 is 1.96 bits per heavy atom. The first-order chi connectivity index (χ1) is 12.8. The van der Waals surface area contributed by atoms with Gasteiger partial charge in [-0.25, -0.2) is 0 Å². The fraction of sp³-hybridized carbons (Fsp3) is 0.526. The van der Waals surface area contributed by atoms with E-state index >= 15 is 0 Å². The number of fused-ring (bicyclic) bond motifs is 1. The first-order valence-corrected chi connectivity index (χ1v) is 9.08. The number of nitrogens with one attached hydrogen (secondary N) is 2. The summed E-state index contributed by atoms with van der Waals surface area (Å²) in [6.07, 6.45) is 1.05. The first kappa shape index (κ1) is 20.5. The number of likely N-dealkylation sites (N-methyl/N-ethyl adjacent to an activating group) is 1. The van der Waals surface area contributed by atoms with E-state index in [9.17, 15) is 14.4 Å². The highest BCUT2D eigenvalue weighted by Crippen LogP contribution is 2.34. The molecule has 0 saturated carbocycles. The van der Waals surface area contributed by atoms with Crippen molar-refractivity contribution in [1.82, 2.24) is 15.5 Å². The molecule has 1 aromatic carbocycles. The zero-order chi connectivity index (χ0) is 20.0. The Morgan fingerprint density at radius 3 is 2.63 bits per heavy atom. The molecular weight excluding hydrogens is 348 g/mol. The first-order valence-electron chi connectivity index (χ1n) is 9.08. The summed E-state index contributed by atoms with van der Waals surface area (Å²) in [7, 11) is 5.27. The van der Waals surface area contributed by atoms with Gasteiger partial charge in [0.2, 0.25) is 11.8 Å². The molecule has 27 heavy (non-hydrogen) atoms. The summed E-state index contributed by atoms with van der Waals surface area (Å²) in [6, 6.07) is 5.11. The van der Waals surface area contributed by atoms with Gasteiger partial charge in [0.05, 0.1) is 24.7 Å². The molecule has 0 radical (unpaired) electrons. The standard InChI is InChI=1S/C19H28N4O4/c1-5-8-20-18(25)11-21-17(24)10-14-12-27-16-7-6-13(19(26)22(2)3)9-15(16)23(14)4/h6-7,9,14H,5,8,10-12H2,1-4H3,(H,20,25)(H,21,24)/t14-/m1/s1. The molecule has 1 atom stereocenters. The highest BCUT2D eigenvalue weighted by atomic mass is 16.5. The average molecular weight is 376 g/mol. The number of carbonyl (C=O) groups is 3. The van der Waals surface area contributed by atoms with Crippen LogP contribution in [0.2, 0.25) is 0 Å². The highest BCUT2D eigenvalue weighted by Gasteiger charge is 2.28. The number of nitrogens with zero attached hydrogens (tertiary/aromatic N) is 2. The minimum atomic E-state index is -0.217. The number of ether oxygens (including phenoxy) is 1. The molecule has 3 amide bonds. The van der Waals surface area contributed by atoms with Gasteiger partial charge in [-0.3, -0.25) is 14.4 Å². The Morgan fingerprint density at radius 1 is 1.22 bits per heavy atom. The lowest BCUT2D eigenvalue weighted by Crippen LogP contribution is -2.45. The molecule has 2 N–H and O–H groups in total. The maximum absolute atomic E-state index is 12.2. The molecule has 0 bridgehead atoms. The Bertz CT molecular complexity index is 705. The summed E-state index contributed by atoms with van der Waals surface area (Å²) in [4.78, 5) is 39.4. The smallest absolute Gasteiger partial charge is 0.253 e. The summed E-state index contributed by atoms with van der Waals surface area (Å²) in [5, 5.41) is 5.35. The maximum Gasteiger partial charge on any atom is 0.253 e. The summed E-state index contributed by atoms with van der Waals surface area (Å²) in [6.45, 7) is 2.89. The molecule has 0 saturated heterocycles. The van der Waals surface area contributed by atoms with E-state index in [0.717, 1.165) is 12.1 Å². The van der Waals surface area contributed by atoms with Gasteiger partial charge in [0.1, 0.15) is 12.4 Å². The Labute approximate surface area is 159 Å². The summed E-state index contributed by atoms with van der Waals surface area (Å²) in [5.41, 5.74) is 1.33. The van der Waals surface area contributed by atoms with Gasteiger partial charge in [-0.1, -0.05) is 6.92 Å². The topological polar surface area (TPSA) is 91.0 Å². The highest BCUT2D eigenvalue weighted by molar-refractivity contribution is 5.95. The van der Waals surface area contributed by atoms with E-state index in [0.29, 0.717) is 24.5 Å². The maximum atomic E-state index is 12.2. The second kappa shape index (κ2) is 9.25. The normalized spacial score (nSPS) is 15.4. The van der Waals surface area contributed by atoms with Crippen LogP contribution in [0, 0.1) is 0 Å². The van der Waals surface area contributed by atoms with Crippen LogP contribution in [0.5, 0.6) is 5.75 Å². The molecule has 148 valence electrons. The molecule has 2 rings (SSSR count). The van der Waals surface area contributed by atoms with Crippen LogP contribution in [0.3, 0.4) is 0 Å². The van der Waals surface area contributed by atoms with E-state index in [1.54, 1.807) is 32.3 Å². The third kappa shape index (κ3) is 5.35. The molecule has 0 aliphatic carbocycles. The third-order valence-electron chi connectivity index (χ3n) is 4.41. The molecule has 0 unspecified atom stereocenters. The van der Waals surface area contributed by atoms with Crippen molar-refractivity contribution in [1.29, 1.82) is 0 Å². The van der Waals surface area contributed by atoms with Crippen LogP contribution in [0.25, 0.3) is 0 Å². The lowest BCUT2D eigenvalue weighted by Gasteiger charge is -2.35. The van der Waals surface area contributed by atoms with E-state index in [2.05, 4.69) is 10.6 Å². The Hall–Kier alpha value is -2.77. The molecule has 8 heteroatoms. The van der Waals surface area contributed by atoms with Gasteiger partial charge in [0.25, 0.3) is 5.91 Å². The van der Waals surface area contributed by atoms with Gasteiger partial charge in [-0.2, -0.15) is 0 Å². The van der Waals surface area contributed by atoms with Crippen molar-refractivity contribution in [3.8, 4) is 5.75 Å². The molecule has 0 aromatic heterocycles. The number of carbonyl (C=O) groups excluding carboxylic acids is 3. The molecule has 8 nitrogen and oxygen atoms in total. The third-order valence-corrected chi connectivity index (χ3v) is 4.41. The van der Waals surface area contributed by atoms with Crippen LogP contribution in [0.4, 0.5) is 5.69 Å². The molecule has 0 fully saturated rings. The van der Waals surface area contributed by atoms with Gasteiger partial charge in [0.15, 0.2) is 0 Å². The van der Waals surface area contributed by atoms with Crippen LogP contribution < -0.4 is 20.3 Å². The predicted molar refractivity (Wildman–Crippen MR) is 103 cm³/mol. The summed E-state index contributed by atoms with van der Waals surface area (Å²) in [5.74, 6) is 0.175. The minimum Gasteiger partial charge on any atom is -0.489 e. The summed E-state index contributed by atoms with van der Waals surface area (Å²) < 4.78 is 5.76. The average Bonchev–Trinajstić information content (AvgIpc) is 2.66. The van der Waals surface area contributed by atoms with Crippen molar-refractivity contribution in [3.05, 3.63) is 23.8 Å². The number of benzene rings is 1. The van der Waals surface area contributed by atoms with Crippen molar-refractivity contribution >= 4 is 23.4 Å². The lowest BCUT2D eigenvalue weighted by atomic mass is 10.1. The second-order valence-corrected chi connectivity index (χ2v) is 6.79. The lowest BCUT2D eigenvalue weighted by molar-refractivity contribution is -0.126. The molecular formula is C19H28N4O4. The summed E-state index contributed by atoms with van der Waals surface area (Å²) >= 11 is 0. The van der Waals surface area contributed by atoms with Crippen molar-refractivity contribution in [2.75, 3.05) is 45.7 Å². The SMILES string of the molecule is CCCNC(=O)CNC(=O)C[C@@H]1COc2ccc(C(=O)N(C)C)cc2N1C. The van der Waals surface area contributed by atoms with Crippen LogP contribution in [0.1, 0.15) is 30.1 Å². The van der Waals surface area contributed by atoms with Crippen molar-refractivity contribution < 1.29 is 19.1 Å². The van der Waals surface area contributed by atoms with Gasteiger partial charge in [-0.15, -0.1) is 0 Å². The Kier molecular flexibility index (Phi) is 7.04. The second-order valence-electron chi connectivity index (χ2n) is 6.79. The van der Waals surface area contributed by atoms with Gasteiger partial charge < -0.3 is 25.2 Å². The van der Waals surface area contributed by atoms with E-state index in [4.69, 9.17) is 4.74 Å². The number of rotatable bonds is 7. The van der Waals surface area contributed by atoms with Crippen LogP contribution >= 0.6 is 0 Å². The van der Waals surface area contributed by atoms with Crippen LogP contribution in [0.15, 0.2) is 18.2 Å². The Balaban J connectivity index is 1.98. The number of hydrogen-bond acceptors (Lipinski definition) is 5. The van der Waals surface area contributed by atoms with Gasteiger partial charge in [-0.05, 0) is 24.6 Å². The molecule has 0 spiro atoms. The van der Waals surface area contributed by atoms with Crippen molar-refractivity contribution in [2.24, 2.45) is 0 Å². The fourth-order valence-corrected chi connectivity index (χ4v) is 2.79. The molecule has 1 heterocycles. The number of anilines is 1. The van der Waals surface area contributed by atoms with Crippen molar-refractivity contribution in [3.63, 3.8) is 0 Å². The molecule has 1 aromatic rings. The quantitative estimate of drug-likeness (QED) is 0.728. The van der Waals surface area contributed by atoms with E-state index in [-0.39, 0.29) is 36.7 Å². The monoisotopic (exact) mass is 376 g/mol. The van der Waals surface area contributed by atoms with E-state index < -0.39 is 0 Å². The number of amides is 3. The minimum absolute atomic E-state index is 0.0335. The predicted octanol–water partition coefficient (Wildman–Crippen LogP) is 0.618. The van der Waals surface area contributed by atoms with Gasteiger partial charge in [0, 0.05) is 33.3 Å². The van der Waals surface area contributed by atoms with Crippen molar-refractivity contribution in [2.45, 2.75) is 25.8 Å². The number of hydrogen-bond donors (Lipinski definition) is 2. The van der Waals surface area contributed by atoms with E-state index in [1.165, 1.54) is 4.90 Å². The van der Waals surface area contributed by atoms with E-state index in [1.807, 2.05) is 18.9 Å². The largest absolute Gasteiger partial charge is 0.489 e. The molecule has 1 aliphatic rings.